The first-order valence-electron chi connectivity index (χ1n) is 6.97. The van der Waals surface area contributed by atoms with E-state index >= 15 is 0 Å². The third-order valence-corrected chi connectivity index (χ3v) is 3.85. The smallest absolute Gasteiger partial charge is 0.189 e. The molecule has 0 aromatic carbocycles. The van der Waals surface area contributed by atoms with E-state index in [2.05, 4.69) is 0 Å². The number of hydrogen-bond acceptors (Lipinski definition) is 10. The first-order valence-corrected chi connectivity index (χ1v) is 6.97. The van der Waals surface area contributed by atoms with Crippen LogP contribution in [0.15, 0.2) is 0 Å². The summed E-state index contributed by atoms with van der Waals surface area (Å²) in [5.41, 5.74) is 0. The lowest BCUT2D eigenvalue weighted by atomic mass is 9.99. The minimum atomic E-state index is -1.60. The summed E-state index contributed by atoms with van der Waals surface area (Å²) in [7, 11) is 0. The van der Waals surface area contributed by atoms with Crippen LogP contribution in [-0.2, 0) is 14.2 Å². The zero-order chi connectivity index (χ0) is 16.4. The first kappa shape index (κ1) is 17.9. The molecule has 0 saturated carbocycles. The topological polar surface area (TPSA) is 169 Å². The van der Waals surface area contributed by atoms with Gasteiger partial charge in [0.15, 0.2) is 12.6 Å². The van der Waals surface area contributed by atoms with Crippen LogP contribution in [0.4, 0.5) is 0 Å². The molecule has 2 fully saturated rings. The maximum absolute atomic E-state index is 9.83. The standard InChI is InChI=1S/C12H22O10/c13-2-5-8(16)4(15)1-7(20-5)22-12-11(19)10(18)9(17)6(3-14)21-12/h4-19H,1-3H2. The molecule has 2 rings (SSSR count). The van der Waals surface area contributed by atoms with Gasteiger partial charge in [0.1, 0.15) is 36.6 Å². The van der Waals surface area contributed by atoms with Crippen molar-refractivity contribution in [3.63, 3.8) is 0 Å². The lowest BCUT2D eigenvalue weighted by molar-refractivity contribution is -0.358. The summed E-state index contributed by atoms with van der Waals surface area (Å²) >= 11 is 0. The quantitative estimate of drug-likeness (QED) is 0.268. The van der Waals surface area contributed by atoms with Crippen molar-refractivity contribution in [1.82, 2.24) is 0 Å². The number of hydrogen-bond donors (Lipinski definition) is 7. The SMILES string of the molecule is OCC1OC(OC2OC(CO)C(O)C(O)C2O)CC(O)C1O. The molecular formula is C12H22O10. The van der Waals surface area contributed by atoms with Gasteiger partial charge in [-0.3, -0.25) is 0 Å². The Balaban J connectivity index is 2.00. The Hall–Kier alpha value is -0.400. The van der Waals surface area contributed by atoms with Crippen LogP contribution in [0.5, 0.6) is 0 Å². The summed E-state index contributed by atoms with van der Waals surface area (Å²) in [5.74, 6) is 0. The largest absolute Gasteiger partial charge is 0.394 e. The van der Waals surface area contributed by atoms with Crippen LogP contribution in [0.25, 0.3) is 0 Å². The summed E-state index contributed by atoms with van der Waals surface area (Å²) in [5, 5.41) is 66.6. The molecule has 2 aliphatic rings. The second kappa shape index (κ2) is 7.45. The summed E-state index contributed by atoms with van der Waals surface area (Å²) in [6, 6.07) is 0. The number of ether oxygens (including phenoxy) is 3. The monoisotopic (exact) mass is 326 g/mol. The minimum absolute atomic E-state index is 0.146. The molecule has 10 nitrogen and oxygen atoms in total. The van der Waals surface area contributed by atoms with Crippen molar-refractivity contribution >= 4 is 0 Å². The van der Waals surface area contributed by atoms with Crippen molar-refractivity contribution in [2.75, 3.05) is 13.2 Å². The van der Waals surface area contributed by atoms with Crippen LogP contribution in [0.1, 0.15) is 6.42 Å². The Kier molecular flexibility index (Phi) is 6.07. The molecular weight excluding hydrogens is 304 g/mol. The van der Waals surface area contributed by atoms with Crippen LogP contribution in [0.2, 0.25) is 0 Å². The highest BCUT2D eigenvalue weighted by atomic mass is 16.8. The van der Waals surface area contributed by atoms with Gasteiger partial charge in [-0.25, -0.2) is 0 Å². The number of rotatable bonds is 4. The summed E-state index contributed by atoms with van der Waals surface area (Å²) < 4.78 is 15.7. The highest BCUT2D eigenvalue weighted by molar-refractivity contribution is 4.90. The molecule has 10 heteroatoms. The minimum Gasteiger partial charge on any atom is -0.394 e. The third-order valence-electron chi connectivity index (χ3n) is 3.85. The molecule has 0 aromatic heterocycles. The molecule has 2 aliphatic heterocycles. The maximum Gasteiger partial charge on any atom is 0.189 e. The molecule has 2 saturated heterocycles. The van der Waals surface area contributed by atoms with E-state index in [1.54, 1.807) is 0 Å². The Morgan fingerprint density at radius 3 is 1.95 bits per heavy atom. The van der Waals surface area contributed by atoms with E-state index in [4.69, 9.17) is 24.4 Å². The van der Waals surface area contributed by atoms with E-state index in [0.717, 1.165) is 0 Å². The van der Waals surface area contributed by atoms with Crippen molar-refractivity contribution in [2.45, 2.75) is 61.7 Å². The predicted octanol–water partition coefficient (Wildman–Crippen LogP) is -4.37. The molecule has 7 N–H and O–H groups in total. The van der Waals surface area contributed by atoms with Gasteiger partial charge in [-0.1, -0.05) is 0 Å². The van der Waals surface area contributed by atoms with E-state index in [-0.39, 0.29) is 6.42 Å². The normalized spacial score (nSPS) is 50.0. The lowest BCUT2D eigenvalue weighted by Crippen LogP contribution is -2.60. The summed E-state index contributed by atoms with van der Waals surface area (Å²) in [4.78, 5) is 0. The van der Waals surface area contributed by atoms with Gasteiger partial charge in [-0.2, -0.15) is 0 Å². The predicted molar refractivity (Wildman–Crippen MR) is 67.2 cm³/mol. The Bertz CT molecular complexity index is 353. The molecule has 9 unspecified atom stereocenters. The molecule has 0 amide bonds. The molecule has 0 aliphatic carbocycles. The fourth-order valence-corrected chi connectivity index (χ4v) is 2.48. The molecule has 9 atom stereocenters. The zero-order valence-corrected chi connectivity index (χ0v) is 11.7. The zero-order valence-electron chi connectivity index (χ0n) is 11.7. The van der Waals surface area contributed by atoms with Crippen LogP contribution in [-0.4, -0.2) is 104 Å². The summed E-state index contributed by atoms with van der Waals surface area (Å²) in [6.45, 7) is -1.15. The lowest BCUT2D eigenvalue weighted by Gasteiger charge is -2.43. The second-order valence-electron chi connectivity index (χ2n) is 5.41. The average molecular weight is 326 g/mol. The summed E-state index contributed by atoms with van der Waals surface area (Å²) in [6.07, 6.45) is -12.1. The van der Waals surface area contributed by atoms with E-state index in [9.17, 15) is 25.5 Å². The van der Waals surface area contributed by atoms with Crippen molar-refractivity contribution in [2.24, 2.45) is 0 Å². The van der Waals surface area contributed by atoms with E-state index in [1.807, 2.05) is 0 Å². The van der Waals surface area contributed by atoms with Crippen molar-refractivity contribution in [3.05, 3.63) is 0 Å². The highest BCUT2D eigenvalue weighted by Crippen LogP contribution is 2.27. The van der Waals surface area contributed by atoms with Crippen LogP contribution >= 0.6 is 0 Å². The maximum atomic E-state index is 9.83. The van der Waals surface area contributed by atoms with Crippen LogP contribution in [0.3, 0.4) is 0 Å². The second-order valence-corrected chi connectivity index (χ2v) is 5.41. The van der Waals surface area contributed by atoms with E-state index in [0.29, 0.717) is 0 Å². The molecule has 0 spiro atoms. The van der Waals surface area contributed by atoms with E-state index in [1.165, 1.54) is 0 Å². The van der Waals surface area contributed by atoms with Crippen molar-refractivity contribution in [1.29, 1.82) is 0 Å². The van der Waals surface area contributed by atoms with E-state index < -0.39 is 68.5 Å². The first-order chi connectivity index (χ1) is 10.4. The van der Waals surface area contributed by atoms with Crippen molar-refractivity contribution in [3.8, 4) is 0 Å². The molecule has 22 heavy (non-hydrogen) atoms. The van der Waals surface area contributed by atoms with Gasteiger partial charge in [-0.05, 0) is 0 Å². The van der Waals surface area contributed by atoms with Gasteiger partial charge in [0.05, 0.1) is 19.3 Å². The number of aliphatic hydroxyl groups is 7. The number of aliphatic hydroxyl groups excluding tert-OH is 7. The van der Waals surface area contributed by atoms with Gasteiger partial charge in [0.25, 0.3) is 0 Å². The molecule has 130 valence electrons. The van der Waals surface area contributed by atoms with Crippen LogP contribution in [0, 0.1) is 0 Å². The fourth-order valence-electron chi connectivity index (χ4n) is 2.48. The third kappa shape index (κ3) is 3.57. The van der Waals surface area contributed by atoms with Gasteiger partial charge in [-0.15, -0.1) is 0 Å². The molecule has 2 heterocycles. The fraction of sp³-hybridized carbons (Fsp3) is 1.00. The van der Waals surface area contributed by atoms with Gasteiger partial charge in [0.2, 0.25) is 0 Å². The molecule has 0 radical (unpaired) electrons. The Morgan fingerprint density at radius 2 is 1.36 bits per heavy atom. The molecule has 0 bridgehead atoms. The van der Waals surface area contributed by atoms with Crippen LogP contribution < -0.4 is 0 Å². The van der Waals surface area contributed by atoms with Gasteiger partial charge < -0.3 is 50.0 Å². The average Bonchev–Trinajstić information content (AvgIpc) is 2.51. The molecule has 0 aromatic rings. The van der Waals surface area contributed by atoms with Gasteiger partial charge >= 0.3 is 0 Å². The van der Waals surface area contributed by atoms with Gasteiger partial charge in [0, 0.05) is 6.42 Å². The highest BCUT2D eigenvalue weighted by Gasteiger charge is 2.46. The Morgan fingerprint density at radius 1 is 0.773 bits per heavy atom. The Labute approximate surface area is 126 Å². The van der Waals surface area contributed by atoms with Crippen molar-refractivity contribution < 1.29 is 50.0 Å².